The van der Waals surface area contributed by atoms with Crippen LogP contribution in [0.4, 0.5) is 0 Å². The average molecular weight is 334 g/mol. The third kappa shape index (κ3) is 4.39. The van der Waals surface area contributed by atoms with Crippen LogP contribution in [-0.4, -0.2) is 5.78 Å². The first-order chi connectivity index (χ1) is 12.3. The number of Topliss-reactive ketones (excluding diaryl/α,β-unsaturated/α-hetero) is 1. The van der Waals surface area contributed by atoms with Crippen molar-refractivity contribution in [2.75, 3.05) is 0 Å². The van der Waals surface area contributed by atoms with Gasteiger partial charge in [0.1, 0.15) is 11.3 Å². The summed E-state index contributed by atoms with van der Waals surface area (Å²) in [5, 5.41) is 0.928. The lowest BCUT2D eigenvalue weighted by Gasteiger charge is -2.03. The second-order valence-electron chi connectivity index (χ2n) is 6.64. The van der Waals surface area contributed by atoms with Gasteiger partial charge in [0.2, 0.25) is 0 Å². The van der Waals surface area contributed by atoms with E-state index in [0.29, 0.717) is 6.42 Å². The molecule has 2 nitrogen and oxygen atoms in total. The number of ketones is 1. The van der Waals surface area contributed by atoms with E-state index in [1.54, 1.807) is 0 Å². The molecule has 2 aromatic carbocycles. The molecule has 0 saturated heterocycles. The molecule has 2 heteroatoms. The van der Waals surface area contributed by atoms with Gasteiger partial charge < -0.3 is 4.42 Å². The lowest BCUT2D eigenvalue weighted by Crippen LogP contribution is -1.99. The van der Waals surface area contributed by atoms with Crippen LogP contribution < -0.4 is 0 Å². The van der Waals surface area contributed by atoms with Gasteiger partial charge in [-0.05, 0) is 18.6 Å². The van der Waals surface area contributed by atoms with Crippen LogP contribution in [0.1, 0.15) is 62.2 Å². The molecule has 3 aromatic rings. The van der Waals surface area contributed by atoms with Gasteiger partial charge >= 0.3 is 0 Å². The zero-order chi connectivity index (χ0) is 17.5. The maximum atomic E-state index is 12.7. The fourth-order valence-corrected chi connectivity index (χ4v) is 3.25. The van der Waals surface area contributed by atoms with E-state index in [4.69, 9.17) is 4.42 Å². The number of carbonyl (C=O) groups is 1. The molecule has 0 amide bonds. The summed E-state index contributed by atoms with van der Waals surface area (Å²) in [6.07, 6.45) is 7.80. The number of benzene rings is 2. The summed E-state index contributed by atoms with van der Waals surface area (Å²) in [6.45, 7) is 2.22. The van der Waals surface area contributed by atoms with Crippen molar-refractivity contribution in [2.45, 2.75) is 51.9 Å². The number of carbonyl (C=O) groups excluding carboxylic acids is 1. The molecule has 0 fully saturated rings. The molecule has 0 aliphatic carbocycles. The van der Waals surface area contributed by atoms with Crippen molar-refractivity contribution >= 4 is 16.8 Å². The van der Waals surface area contributed by atoms with E-state index in [0.717, 1.165) is 40.7 Å². The molecular formula is C23H26O2. The molecule has 25 heavy (non-hydrogen) atoms. The first kappa shape index (κ1) is 17.5. The molecule has 0 atom stereocenters. The van der Waals surface area contributed by atoms with E-state index >= 15 is 0 Å². The Balaban J connectivity index is 1.71. The van der Waals surface area contributed by atoms with E-state index < -0.39 is 0 Å². The minimum Gasteiger partial charge on any atom is -0.456 e. The Morgan fingerprint density at radius 1 is 0.880 bits per heavy atom. The maximum Gasteiger partial charge on any atom is 0.163 e. The van der Waals surface area contributed by atoms with E-state index in [1.165, 1.54) is 25.7 Å². The molecule has 0 saturated carbocycles. The lowest BCUT2D eigenvalue weighted by atomic mass is 10.0. The first-order valence-electron chi connectivity index (χ1n) is 9.41. The zero-order valence-electron chi connectivity index (χ0n) is 15.0. The van der Waals surface area contributed by atoms with Gasteiger partial charge in [-0.1, -0.05) is 81.5 Å². The lowest BCUT2D eigenvalue weighted by molar-refractivity contribution is 0.0980. The summed E-state index contributed by atoms with van der Waals surface area (Å²) in [4.78, 5) is 12.7. The number of rotatable bonds is 9. The number of hydrogen-bond acceptors (Lipinski definition) is 2. The van der Waals surface area contributed by atoms with Crippen LogP contribution in [0, 0.1) is 0 Å². The highest BCUT2D eigenvalue weighted by molar-refractivity contribution is 6.07. The summed E-state index contributed by atoms with van der Waals surface area (Å²) in [5.41, 5.74) is 2.61. The van der Waals surface area contributed by atoms with Gasteiger partial charge in [0.05, 0.1) is 0 Å². The van der Waals surface area contributed by atoms with Crippen LogP contribution in [-0.2, 0) is 0 Å². The molecule has 1 heterocycles. The van der Waals surface area contributed by atoms with E-state index in [2.05, 4.69) is 6.92 Å². The molecule has 0 radical (unpaired) electrons. The first-order valence-corrected chi connectivity index (χ1v) is 9.41. The normalized spacial score (nSPS) is 11.1. The SMILES string of the molecule is CCCCCCCCC(=O)c1cccc2oc(-c3ccccc3)cc12. The minimum atomic E-state index is 0.224. The van der Waals surface area contributed by atoms with Crippen LogP contribution in [0.25, 0.3) is 22.3 Å². The van der Waals surface area contributed by atoms with Gasteiger partial charge in [-0.25, -0.2) is 0 Å². The number of fused-ring (bicyclic) bond motifs is 1. The standard InChI is InChI=1S/C23H26O2/c1-2-3-4-5-6-10-15-21(24)19-14-11-16-22-20(19)17-23(25-22)18-12-8-7-9-13-18/h7-9,11-14,16-17H,2-6,10,15H2,1H3. The fraction of sp³-hybridized carbons (Fsp3) is 0.348. The van der Waals surface area contributed by atoms with Crippen LogP contribution in [0.2, 0.25) is 0 Å². The van der Waals surface area contributed by atoms with Gasteiger partial charge in [-0.2, -0.15) is 0 Å². The van der Waals surface area contributed by atoms with Gasteiger partial charge in [0.15, 0.2) is 5.78 Å². The molecule has 0 aliphatic rings. The van der Waals surface area contributed by atoms with Crippen LogP contribution in [0.15, 0.2) is 59.0 Å². The average Bonchev–Trinajstić information content (AvgIpc) is 3.09. The van der Waals surface area contributed by atoms with Gasteiger partial charge in [0, 0.05) is 22.9 Å². The zero-order valence-corrected chi connectivity index (χ0v) is 15.0. The van der Waals surface area contributed by atoms with E-state index in [1.807, 2.05) is 54.6 Å². The third-order valence-electron chi connectivity index (χ3n) is 4.68. The van der Waals surface area contributed by atoms with Crippen molar-refractivity contribution in [2.24, 2.45) is 0 Å². The summed E-state index contributed by atoms with van der Waals surface area (Å²) in [5.74, 6) is 1.04. The quantitative estimate of drug-likeness (QED) is 0.310. The van der Waals surface area contributed by atoms with Gasteiger partial charge in [-0.3, -0.25) is 4.79 Å². The number of hydrogen-bond donors (Lipinski definition) is 0. The fourth-order valence-electron chi connectivity index (χ4n) is 3.25. The third-order valence-corrected chi connectivity index (χ3v) is 4.68. The molecular weight excluding hydrogens is 308 g/mol. The predicted octanol–water partition coefficient (Wildman–Crippen LogP) is 7.03. The topological polar surface area (TPSA) is 30.2 Å². The number of furan rings is 1. The highest BCUT2D eigenvalue weighted by Crippen LogP contribution is 2.30. The Labute approximate surface area is 149 Å². The molecule has 0 aliphatic heterocycles. The van der Waals surface area contributed by atoms with Crippen molar-refractivity contribution < 1.29 is 9.21 Å². The van der Waals surface area contributed by atoms with Crippen molar-refractivity contribution in [3.05, 3.63) is 60.2 Å². The van der Waals surface area contributed by atoms with E-state index in [-0.39, 0.29) is 5.78 Å². The Morgan fingerprint density at radius 3 is 2.44 bits per heavy atom. The van der Waals surface area contributed by atoms with Crippen LogP contribution in [0.5, 0.6) is 0 Å². The highest BCUT2D eigenvalue weighted by atomic mass is 16.3. The van der Waals surface area contributed by atoms with Crippen LogP contribution >= 0.6 is 0 Å². The Hall–Kier alpha value is -2.35. The largest absolute Gasteiger partial charge is 0.456 e. The Morgan fingerprint density at radius 2 is 1.64 bits per heavy atom. The maximum absolute atomic E-state index is 12.7. The molecule has 0 N–H and O–H groups in total. The minimum absolute atomic E-state index is 0.224. The molecule has 130 valence electrons. The predicted molar refractivity (Wildman–Crippen MR) is 104 cm³/mol. The second-order valence-corrected chi connectivity index (χ2v) is 6.64. The Bertz CT molecular complexity index is 814. The molecule has 0 bridgehead atoms. The smallest absolute Gasteiger partial charge is 0.163 e. The van der Waals surface area contributed by atoms with E-state index in [9.17, 15) is 4.79 Å². The van der Waals surface area contributed by atoms with Gasteiger partial charge in [-0.15, -0.1) is 0 Å². The molecule has 0 spiro atoms. The summed E-state index contributed by atoms with van der Waals surface area (Å²) < 4.78 is 5.96. The number of unbranched alkanes of at least 4 members (excludes halogenated alkanes) is 5. The highest BCUT2D eigenvalue weighted by Gasteiger charge is 2.14. The van der Waals surface area contributed by atoms with Crippen molar-refractivity contribution in [1.29, 1.82) is 0 Å². The van der Waals surface area contributed by atoms with Crippen LogP contribution in [0.3, 0.4) is 0 Å². The second kappa shape index (κ2) is 8.66. The molecule has 3 rings (SSSR count). The van der Waals surface area contributed by atoms with Gasteiger partial charge in [0.25, 0.3) is 0 Å². The van der Waals surface area contributed by atoms with Crippen molar-refractivity contribution in [1.82, 2.24) is 0 Å². The molecule has 1 aromatic heterocycles. The summed E-state index contributed by atoms with van der Waals surface area (Å²) >= 11 is 0. The summed E-state index contributed by atoms with van der Waals surface area (Å²) in [7, 11) is 0. The molecule has 0 unspecified atom stereocenters. The van der Waals surface area contributed by atoms with Crippen molar-refractivity contribution in [3.63, 3.8) is 0 Å². The monoisotopic (exact) mass is 334 g/mol. The Kier molecular flexibility index (Phi) is 6.05. The van der Waals surface area contributed by atoms with Crippen molar-refractivity contribution in [3.8, 4) is 11.3 Å². The summed E-state index contributed by atoms with van der Waals surface area (Å²) in [6, 6.07) is 17.8.